The van der Waals surface area contributed by atoms with E-state index in [-0.39, 0.29) is 10.8 Å². The average molecular weight is 474 g/mol. The van der Waals surface area contributed by atoms with Crippen LogP contribution in [0.25, 0.3) is 10.9 Å². The first-order valence-electron chi connectivity index (χ1n) is 10.1. The molecule has 1 amide bonds. The number of sulfonamides is 1. The number of anilines is 2. The van der Waals surface area contributed by atoms with Gasteiger partial charge in [0.1, 0.15) is 5.82 Å². The van der Waals surface area contributed by atoms with Gasteiger partial charge < -0.3 is 10.6 Å². The molecule has 0 saturated carbocycles. The molecule has 8 nitrogen and oxygen atoms in total. The molecule has 2 N–H and O–H groups in total. The minimum absolute atomic E-state index is 0.122. The molecule has 0 bridgehead atoms. The van der Waals surface area contributed by atoms with Crippen LogP contribution in [0.5, 0.6) is 0 Å². The Kier molecular flexibility index (Phi) is 7.37. The maximum absolute atomic E-state index is 12.9. The maximum atomic E-state index is 12.9. The number of hydrogen-bond donors (Lipinski definition) is 2. The van der Waals surface area contributed by atoms with E-state index in [0.29, 0.717) is 17.4 Å². The van der Waals surface area contributed by atoms with Crippen LogP contribution in [0.3, 0.4) is 0 Å². The van der Waals surface area contributed by atoms with Crippen molar-refractivity contribution in [3.05, 3.63) is 48.0 Å². The van der Waals surface area contributed by atoms with Crippen LogP contribution in [0.4, 0.5) is 11.5 Å². The Morgan fingerprint density at radius 3 is 2.56 bits per heavy atom. The van der Waals surface area contributed by atoms with Gasteiger partial charge in [-0.15, -0.1) is 0 Å². The predicted octanol–water partition coefficient (Wildman–Crippen LogP) is 3.74. The molecule has 1 aromatic heterocycles. The highest BCUT2D eigenvalue weighted by Gasteiger charge is 2.21. The Labute approximate surface area is 192 Å². The van der Waals surface area contributed by atoms with Gasteiger partial charge in [0, 0.05) is 31.7 Å². The van der Waals surface area contributed by atoms with Crippen molar-refractivity contribution in [1.82, 2.24) is 14.3 Å². The van der Waals surface area contributed by atoms with E-state index in [1.807, 2.05) is 38.1 Å². The number of nitrogens with zero attached hydrogens (tertiary/aromatic N) is 3. The van der Waals surface area contributed by atoms with Gasteiger partial charge in [0.25, 0.3) is 0 Å². The molecule has 1 heterocycles. The summed E-state index contributed by atoms with van der Waals surface area (Å²) in [4.78, 5) is 22.2. The van der Waals surface area contributed by atoms with Crippen molar-refractivity contribution >= 4 is 50.1 Å². The summed E-state index contributed by atoms with van der Waals surface area (Å²) in [5.74, 6) is 0.463. The summed E-state index contributed by atoms with van der Waals surface area (Å²) in [7, 11) is -0.663. The monoisotopic (exact) mass is 473 g/mol. The molecule has 0 spiro atoms. The molecule has 3 aromatic rings. The summed E-state index contributed by atoms with van der Waals surface area (Å²) in [5.41, 5.74) is 2.02. The first-order valence-corrected chi connectivity index (χ1v) is 12.5. The third kappa shape index (κ3) is 5.20. The van der Waals surface area contributed by atoms with Crippen molar-refractivity contribution in [1.29, 1.82) is 0 Å². The van der Waals surface area contributed by atoms with Crippen LogP contribution in [-0.2, 0) is 14.8 Å². The lowest BCUT2D eigenvalue weighted by molar-refractivity contribution is -0.115. The number of para-hydroxylation sites is 1. The van der Waals surface area contributed by atoms with Crippen LogP contribution in [0, 0.1) is 6.92 Å². The lowest BCUT2D eigenvalue weighted by Gasteiger charge is -2.16. The Hall–Kier alpha value is -2.69. The van der Waals surface area contributed by atoms with Gasteiger partial charge in [-0.05, 0) is 50.6 Å². The standard InChI is InChI=1S/C22H27N5O3S2/c1-6-23-20-17-9-7-8-10-18(17)25-22(26-20)31-15(3)21(28)24-19-13-16(12-11-14(19)2)32(29,30)27(4)5/h7-13,15H,6H2,1-5H3,(H,24,28)(H,23,25,26). The van der Waals surface area contributed by atoms with Gasteiger partial charge in [-0.25, -0.2) is 22.7 Å². The van der Waals surface area contributed by atoms with E-state index in [1.165, 1.54) is 38.0 Å². The number of rotatable bonds is 8. The van der Waals surface area contributed by atoms with Crippen LogP contribution in [0.1, 0.15) is 19.4 Å². The van der Waals surface area contributed by atoms with Gasteiger partial charge >= 0.3 is 0 Å². The van der Waals surface area contributed by atoms with E-state index in [1.54, 1.807) is 13.0 Å². The highest BCUT2D eigenvalue weighted by atomic mass is 32.2. The Morgan fingerprint density at radius 1 is 1.16 bits per heavy atom. The summed E-state index contributed by atoms with van der Waals surface area (Å²) in [6.07, 6.45) is 0. The number of thioether (sulfide) groups is 1. The predicted molar refractivity (Wildman–Crippen MR) is 130 cm³/mol. The van der Waals surface area contributed by atoms with Crippen LogP contribution in [0.2, 0.25) is 0 Å². The van der Waals surface area contributed by atoms with Crippen molar-refractivity contribution in [2.45, 2.75) is 36.1 Å². The van der Waals surface area contributed by atoms with Crippen molar-refractivity contribution in [3.63, 3.8) is 0 Å². The third-order valence-corrected chi connectivity index (χ3v) is 7.60. The quantitative estimate of drug-likeness (QED) is 0.379. The molecule has 170 valence electrons. The SMILES string of the molecule is CCNc1nc(SC(C)C(=O)Nc2cc(S(=O)(=O)N(C)C)ccc2C)nc2ccccc12. The lowest BCUT2D eigenvalue weighted by atomic mass is 10.2. The highest BCUT2D eigenvalue weighted by Crippen LogP contribution is 2.28. The number of nitrogens with one attached hydrogen (secondary N) is 2. The lowest BCUT2D eigenvalue weighted by Crippen LogP contribution is -2.24. The summed E-state index contributed by atoms with van der Waals surface area (Å²) in [6, 6.07) is 12.4. The first-order chi connectivity index (χ1) is 15.1. The summed E-state index contributed by atoms with van der Waals surface area (Å²) in [5, 5.41) is 7.00. The minimum Gasteiger partial charge on any atom is -0.370 e. The zero-order valence-corrected chi connectivity index (χ0v) is 20.3. The average Bonchev–Trinajstić information content (AvgIpc) is 2.75. The largest absolute Gasteiger partial charge is 0.370 e. The van der Waals surface area contributed by atoms with Crippen molar-refractivity contribution < 1.29 is 13.2 Å². The number of carbonyl (C=O) groups excluding carboxylic acids is 1. The molecule has 0 aliphatic rings. The van der Waals surface area contributed by atoms with E-state index in [4.69, 9.17) is 0 Å². The summed E-state index contributed by atoms with van der Waals surface area (Å²) >= 11 is 1.25. The summed E-state index contributed by atoms with van der Waals surface area (Å²) < 4.78 is 26.0. The second kappa shape index (κ2) is 9.85. The van der Waals surface area contributed by atoms with Crippen molar-refractivity contribution in [2.24, 2.45) is 0 Å². The molecule has 10 heteroatoms. The van der Waals surface area contributed by atoms with Gasteiger partial charge in [0.2, 0.25) is 15.9 Å². The molecule has 3 rings (SSSR count). The van der Waals surface area contributed by atoms with Gasteiger partial charge in [-0.1, -0.05) is 30.0 Å². The highest BCUT2D eigenvalue weighted by molar-refractivity contribution is 8.00. The van der Waals surface area contributed by atoms with Crippen LogP contribution < -0.4 is 10.6 Å². The van der Waals surface area contributed by atoms with E-state index in [9.17, 15) is 13.2 Å². The van der Waals surface area contributed by atoms with Crippen LogP contribution in [0.15, 0.2) is 52.5 Å². The van der Waals surface area contributed by atoms with E-state index in [2.05, 4.69) is 20.6 Å². The number of hydrogen-bond acceptors (Lipinski definition) is 7. The molecule has 32 heavy (non-hydrogen) atoms. The fourth-order valence-electron chi connectivity index (χ4n) is 2.96. The van der Waals surface area contributed by atoms with E-state index >= 15 is 0 Å². The fraction of sp³-hybridized carbons (Fsp3) is 0.318. The molecule has 0 radical (unpaired) electrons. The fourth-order valence-corrected chi connectivity index (χ4v) is 4.67. The molecule has 2 aromatic carbocycles. The Morgan fingerprint density at radius 2 is 1.88 bits per heavy atom. The van der Waals surface area contributed by atoms with Crippen molar-refractivity contribution in [2.75, 3.05) is 31.3 Å². The third-order valence-electron chi connectivity index (χ3n) is 4.82. The molecule has 0 saturated heterocycles. The molecular weight excluding hydrogens is 446 g/mol. The number of fused-ring (bicyclic) bond motifs is 1. The molecule has 0 aliphatic carbocycles. The molecule has 1 unspecified atom stereocenters. The zero-order chi connectivity index (χ0) is 23.5. The number of aryl methyl sites for hydroxylation is 1. The normalized spacial score (nSPS) is 12.7. The van der Waals surface area contributed by atoms with Gasteiger partial charge in [0.05, 0.1) is 15.7 Å². The van der Waals surface area contributed by atoms with E-state index < -0.39 is 15.3 Å². The number of aromatic nitrogens is 2. The van der Waals surface area contributed by atoms with Crippen molar-refractivity contribution in [3.8, 4) is 0 Å². The second-order valence-corrected chi connectivity index (χ2v) is 10.9. The molecule has 0 aliphatic heterocycles. The second-order valence-electron chi connectivity index (χ2n) is 7.42. The van der Waals surface area contributed by atoms with Crippen LogP contribution >= 0.6 is 11.8 Å². The number of benzene rings is 2. The summed E-state index contributed by atoms with van der Waals surface area (Å²) in [6.45, 7) is 6.29. The van der Waals surface area contributed by atoms with E-state index in [0.717, 1.165) is 26.6 Å². The van der Waals surface area contributed by atoms with Gasteiger partial charge in [-0.2, -0.15) is 0 Å². The molecule has 1 atom stereocenters. The first kappa shape index (κ1) is 24.0. The van der Waals surface area contributed by atoms with Crippen LogP contribution in [-0.4, -0.2) is 54.5 Å². The zero-order valence-electron chi connectivity index (χ0n) is 18.7. The molecular formula is C22H27N5O3S2. The molecule has 0 fully saturated rings. The Balaban J connectivity index is 1.81. The van der Waals surface area contributed by atoms with Gasteiger partial charge in [-0.3, -0.25) is 4.79 Å². The number of amides is 1. The van der Waals surface area contributed by atoms with Gasteiger partial charge in [0.15, 0.2) is 5.16 Å². The maximum Gasteiger partial charge on any atom is 0.242 e. The Bertz CT molecular complexity index is 1250. The smallest absolute Gasteiger partial charge is 0.242 e. The topological polar surface area (TPSA) is 104 Å². The minimum atomic E-state index is -3.60. The number of carbonyl (C=O) groups is 1.